The molecule has 0 saturated heterocycles. The molecule has 2 aromatic rings. The summed E-state index contributed by atoms with van der Waals surface area (Å²) in [6.07, 6.45) is 0. The fourth-order valence-electron chi connectivity index (χ4n) is 1.70. The van der Waals surface area contributed by atoms with Crippen LogP contribution < -0.4 is 15.8 Å². The van der Waals surface area contributed by atoms with Crippen LogP contribution in [0.15, 0.2) is 42.5 Å². The van der Waals surface area contributed by atoms with Crippen molar-refractivity contribution in [2.75, 3.05) is 12.3 Å². The van der Waals surface area contributed by atoms with Crippen LogP contribution in [0.25, 0.3) is 0 Å². The molecule has 0 aromatic heterocycles. The van der Waals surface area contributed by atoms with Crippen LogP contribution in [0.4, 0.5) is 5.69 Å². The molecule has 0 radical (unpaired) electrons. The van der Waals surface area contributed by atoms with Crippen molar-refractivity contribution >= 4 is 23.2 Å². The highest BCUT2D eigenvalue weighted by Gasteiger charge is 2.07. The number of nitrogens with two attached hydrogens (primary N) is 1. The maximum atomic E-state index is 11.8. The Bertz CT molecular complexity index is 629. The number of anilines is 1. The molecule has 0 saturated carbocycles. The fraction of sp³-hybridized carbons (Fsp3) is 0.133. The van der Waals surface area contributed by atoms with Gasteiger partial charge in [-0.2, -0.15) is 0 Å². The van der Waals surface area contributed by atoms with E-state index in [-0.39, 0.29) is 5.91 Å². The van der Waals surface area contributed by atoms with E-state index in [1.54, 1.807) is 42.5 Å². The summed E-state index contributed by atoms with van der Waals surface area (Å²) in [5.41, 5.74) is 6.81. The van der Waals surface area contributed by atoms with Gasteiger partial charge in [0.15, 0.2) is 0 Å². The molecule has 0 heterocycles. The Morgan fingerprint density at radius 1 is 1.30 bits per heavy atom. The molecular formula is C15H15ClN2O2. The maximum Gasteiger partial charge on any atom is 0.251 e. The number of nitrogen functional groups attached to an aromatic ring is 1. The highest BCUT2D eigenvalue weighted by Crippen LogP contribution is 2.29. The smallest absolute Gasteiger partial charge is 0.251 e. The van der Waals surface area contributed by atoms with Crippen molar-refractivity contribution in [3.63, 3.8) is 0 Å². The molecule has 0 fully saturated rings. The summed E-state index contributed by atoms with van der Waals surface area (Å²) in [6, 6.07) is 11.9. The SMILES string of the molecule is CCNC(=O)c1cccc(Oc2ccc(Cl)cc2N)c1. The number of halogens is 1. The van der Waals surface area contributed by atoms with Gasteiger partial charge in [-0.25, -0.2) is 0 Å². The van der Waals surface area contributed by atoms with E-state index in [9.17, 15) is 4.79 Å². The van der Waals surface area contributed by atoms with Crippen LogP contribution in [-0.2, 0) is 0 Å². The minimum Gasteiger partial charge on any atom is -0.455 e. The Morgan fingerprint density at radius 2 is 2.10 bits per heavy atom. The van der Waals surface area contributed by atoms with E-state index in [1.165, 1.54) is 0 Å². The summed E-state index contributed by atoms with van der Waals surface area (Å²) < 4.78 is 5.67. The first kappa shape index (κ1) is 14.2. The number of benzene rings is 2. The third-order valence-corrected chi connectivity index (χ3v) is 2.87. The Morgan fingerprint density at radius 3 is 2.80 bits per heavy atom. The first-order chi connectivity index (χ1) is 9.60. The zero-order chi connectivity index (χ0) is 14.5. The molecule has 2 aromatic carbocycles. The third-order valence-electron chi connectivity index (χ3n) is 2.63. The van der Waals surface area contributed by atoms with Crippen LogP contribution in [0.3, 0.4) is 0 Å². The second-order valence-electron chi connectivity index (χ2n) is 4.17. The highest BCUT2D eigenvalue weighted by atomic mass is 35.5. The summed E-state index contributed by atoms with van der Waals surface area (Å²) >= 11 is 5.83. The predicted molar refractivity (Wildman–Crippen MR) is 80.4 cm³/mol. The number of rotatable bonds is 4. The van der Waals surface area contributed by atoms with Crippen molar-refractivity contribution in [1.29, 1.82) is 0 Å². The predicted octanol–water partition coefficient (Wildman–Crippen LogP) is 3.46. The molecule has 20 heavy (non-hydrogen) atoms. The molecule has 0 atom stereocenters. The van der Waals surface area contributed by atoms with Crippen LogP contribution in [0.1, 0.15) is 17.3 Å². The molecule has 5 heteroatoms. The zero-order valence-electron chi connectivity index (χ0n) is 11.0. The molecule has 0 unspecified atom stereocenters. The van der Waals surface area contributed by atoms with Gasteiger partial charge in [-0.15, -0.1) is 0 Å². The first-order valence-electron chi connectivity index (χ1n) is 6.21. The van der Waals surface area contributed by atoms with Crippen LogP contribution in [0.2, 0.25) is 5.02 Å². The third kappa shape index (κ3) is 3.42. The Labute approximate surface area is 122 Å². The van der Waals surface area contributed by atoms with Crippen LogP contribution in [0, 0.1) is 0 Å². The van der Waals surface area contributed by atoms with Gasteiger partial charge in [-0.3, -0.25) is 4.79 Å². The van der Waals surface area contributed by atoms with Gasteiger partial charge in [-0.05, 0) is 43.3 Å². The topological polar surface area (TPSA) is 64.3 Å². The minimum absolute atomic E-state index is 0.137. The van der Waals surface area contributed by atoms with Gasteiger partial charge in [-0.1, -0.05) is 17.7 Å². The lowest BCUT2D eigenvalue weighted by Crippen LogP contribution is -2.22. The van der Waals surface area contributed by atoms with Crippen molar-refractivity contribution in [2.45, 2.75) is 6.92 Å². The van der Waals surface area contributed by atoms with Crippen LogP contribution in [-0.4, -0.2) is 12.5 Å². The van der Waals surface area contributed by atoms with Gasteiger partial charge in [0.1, 0.15) is 11.5 Å². The largest absolute Gasteiger partial charge is 0.455 e. The average molecular weight is 291 g/mol. The number of hydrogen-bond acceptors (Lipinski definition) is 3. The molecule has 0 aliphatic heterocycles. The summed E-state index contributed by atoms with van der Waals surface area (Å²) in [6.45, 7) is 2.45. The van der Waals surface area contributed by atoms with Gasteiger partial charge < -0.3 is 15.8 Å². The molecule has 0 bridgehead atoms. The van der Waals surface area contributed by atoms with Crippen molar-refractivity contribution in [3.8, 4) is 11.5 Å². The molecule has 0 aliphatic carbocycles. The number of hydrogen-bond donors (Lipinski definition) is 2. The highest BCUT2D eigenvalue weighted by molar-refractivity contribution is 6.30. The number of amides is 1. The van der Waals surface area contributed by atoms with Crippen molar-refractivity contribution in [1.82, 2.24) is 5.32 Å². The Hall–Kier alpha value is -2.20. The minimum atomic E-state index is -0.137. The molecule has 0 aliphatic rings. The van der Waals surface area contributed by atoms with E-state index in [1.807, 2.05) is 6.92 Å². The van der Waals surface area contributed by atoms with Crippen molar-refractivity contribution in [3.05, 3.63) is 53.1 Å². The van der Waals surface area contributed by atoms with Gasteiger partial charge in [0.05, 0.1) is 5.69 Å². The molecule has 3 N–H and O–H groups in total. The Balaban J connectivity index is 2.21. The van der Waals surface area contributed by atoms with Crippen LogP contribution >= 0.6 is 11.6 Å². The van der Waals surface area contributed by atoms with E-state index < -0.39 is 0 Å². The number of ether oxygens (including phenoxy) is 1. The van der Waals surface area contributed by atoms with E-state index >= 15 is 0 Å². The monoisotopic (exact) mass is 290 g/mol. The van der Waals surface area contributed by atoms with E-state index in [0.29, 0.717) is 34.3 Å². The number of carbonyl (C=O) groups is 1. The summed E-state index contributed by atoms with van der Waals surface area (Å²) in [4.78, 5) is 11.8. The standard InChI is InChI=1S/C15H15ClN2O2/c1-2-18-15(19)10-4-3-5-12(8-10)20-14-7-6-11(16)9-13(14)17/h3-9H,2,17H2,1H3,(H,18,19). The van der Waals surface area contributed by atoms with E-state index in [4.69, 9.17) is 22.1 Å². The molecule has 2 rings (SSSR count). The second-order valence-corrected chi connectivity index (χ2v) is 4.61. The lowest BCUT2D eigenvalue weighted by atomic mass is 10.2. The zero-order valence-corrected chi connectivity index (χ0v) is 11.8. The van der Waals surface area contributed by atoms with Gasteiger partial charge in [0.2, 0.25) is 0 Å². The molecule has 1 amide bonds. The Kier molecular flexibility index (Phi) is 4.48. The average Bonchev–Trinajstić information content (AvgIpc) is 2.43. The fourth-order valence-corrected chi connectivity index (χ4v) is 1.88. The number of nitrogens with one attached hydrogen (secondary N) is 1. The van der Waals surface area contributed by atoms with Gasteiger partial charge >= 0.3 is 0 Å². The number of carbonyl (C=O) groups excluding carboxylic acids is 1. The van der Waals surface area contributed by atoms with Gasteiger partial charge in [0, 0.05) is 17.1 Å². The summed E-state index contributed by atoms with van der Waals surface area (Å²) in [5, 5.41) is 3.28. The van der Waals surface area contributed by atoms with Gasteiger partial charge in [0.25, 0.3) is 5.91 Å². The normalized spacial score (nSPS) is 10.1. The van der Waals surface area contributed by atoms with Crippen molar-refractivity contribution < 1.29 is 9.53 Å². The summed E-state index contributed by atoms with van der Waals surface area (Å²) in [5.74, 6) is 0.909. The molecular weight excluding hydrogens is 276 g/mol. The molecule has 4 nitrogen and oxygen atoms in total. The molecule has 104 valence electrons. The molecule has 0 spiro atoms. The first-order valence-corrected chi connectivity index (χ1v) is 6.59. The van der Waals surface area contributed by atoms with E-state index in [0.717, 1.165) is 0 Å². The second kappa shape index (κ2) is 6.30. The lowest BCUT2D eigenvalue weighted by Gasteiger charge is -2.10. The van der Waals surface area contributed by atoms with Crippen molar-refractivity contribution in [2.24, 2.45) is 0 Å². The lowest BCUT2D eigenvalue weighted by molar-refractivity contribution is 0.0955. The maximum absolute atomic E-state index is 11.8. The quantitative estimate of drug-likeness (QED) is 0.848. The van der Waals surface area contributed by atoms with Crippen LogP contribution in [0.5, 0.6) is 11.5 Å². The van der Waals surface area contributed by atoms with E-state index in [2.05, 4.69) is 5.32 Å². The summed E-state index contributed by atoms with van der Waals surface area (Å²) in [7, 11) is 0.